The highest BCUT2D eigenvalue weighted by atomic mass is 32.2. The number of nitrogens with one attached hydrogen (secondary N) is 1. The molecule has 3 N–H and O–H groups in total. The molecule has 0 aliphatic heterocycles. The number of nitrogens with zero attached hydrogens (tertiary/aromatic N) is 1. The number of anilines is 1. The molecule has 3 aromatic carbocycles. The number of nitrogens with two attached hydrogens (primary N) is 1. The summed E-state index contributed by atoms with van der Waals surface area (Å²) in [5.74, 6) is -2.47. The number of hydrogen-bond acceptors (Lipinski definition) is 5. The van der Waals surface area contributed by atoms with Crippen LogP contribution in [-0.4, -0.2) is 38.2 Å². The average Bonchev–Trinajstić information content (AvgIpc) is 2.78. The molecular weight excluding hydrogens is 426 g/mol. The van der Waals surface area contributed by atoms with Gasteiger partial charge in [0.25, 0.3) is 10.0 Å². The van der Waals surface area contributed by atoms with Crippen molar-refractivity contribution >= 4 is 38.3 Å². The maximum Gasteiger partial charge on any atom is 0.264 e. The molecule has 1 unspecified atom stereocenters. The number of nitrogen functional groups attached to an aromatic ring is 1. The normalized spacial score (nSPS) is 12.3. The van der Waals surface area contributed by atoms with Gasteiger partial charge in [-0.25, -0.2) is 13.1 Å². The second kappa shape index (κ2) is 9.82. The second-order valence-corrected chi connectivity index (χ2v) is 9.11. The van der Waals surface area contributed by atoms with Crippen LogP contribution in [-0.2, 0) is 26.0 Å². The fourth-order valence-electron chi connectivity index (χ4n) is 3.63. The number of carbonyl (C=O) groups is 2. The van der Waals surface area contributed by atoms with E-state index < -0.39 is 27.8 Å². The summed E-state index contributed by atoms with van der Waals surface area (Å²) in [7, 11) is -4.19. The Morgan fingerprint density at radius 2 is 1.56 bits per heavy atom. The minimum Gasteiger partial charge on any atom is -0.399 e. The molecule has 0 fully saturated rings. The van der Waals surface area contributed by atoms with Gasteiger partial charge in [-0.15, -0.1) is 0 Å². The van der Waals surface area contributed by atoms with Crippen LogP contribution in [0.5, 0.6) is 0 Å². The number of fused-ring (bicyclic) bond motifs is 1. The smallest absolute Gasteiger partial charge is 0.264 e. The van der Waals surface area contributed by atoms with E-state index in [1.807, 2.05) is 19.9 Å². The Bertz CT molecular complexity index is 1210. The molecule has 2 amide bonds. The Labute approximate surface area is 188 Å². The first-order valence-electron chi connectivity index (χ1n) is 10.4. The fourth-order valence-corrected chi connectivity index (χ4v) is 4.88. The molecule has 0 spiro atoms. The number of sulfonamides is 1. The SMILES string of the molecule is CCN(CC)C(=O)C(Cc1ccc(N)cc1)C(=O)NS(=O)(=O)c1cccc2ccccc12. The molecule has 0 saturated carbocycles. The molecule has 1 atom stereocenters. The molecule has 168 valence electrons. The van der Waals surface area contributed by atoms with Gasteiger partial charge in [-0.2, -0.15) is 0 Å². The van der Waals surface area contributed by atoms with Gasteiger partial charge in [-0.3, -0.25) is 9.59 Å². The van der Waals surface area contributed by atoms with E-state index in [1.54, 1.807) is 54.6 Å². The van der Waals surface area contributed by atoms with Crippen molar-refractivity contribution in [2.24, 2.45) is 5.92 Å². The van der Waals surface area contributed by atoms with Gasteiger partial charge in [-0.1, -0.05) is 48.5 Å². The number of amides is 2. The summed E-state index contributed by atoms with van der Waals surface area (Å²) in [6.07, 6.45) is 0.0620. The Morgan fingerprint density at radius 3 is 2.22 bits per heavy atom. The maximum absolute atomic E-state index is 13.2. The quantitative estimate of drug-likeness (QED) is 0.403. The van der Waals surface area contributed by atoms with Gasteiger partial charge in [-0.05, 0) is 49.4 Å². The minimum absolute atomic E-state index is 0.00882. The van der Waals surface area contributed by atoms with Gasteiger partial charge in [0, 0.05) is 24.2 Å². The third-order valence-corrected chi connectivity index (χ3v) is 6.79. The highest BCUT2D eigenvalue weighted by Crippen LogP contribution is 2.23. The van der Waals surface area contributed by atoms with Gasteiger partial charge in [0.2, 0.25) is 11.8 Å². The molecule has 0 aliphatic rings. The summed E-state index contributed by atoms with van der Waals surface area (Å²) >= 11 is 0. The fraction of sp³-hybridized carbons (Fsp3) is 0.250. The topological polar surface area (TPSA) is 110 Å². The number of hydrogen-bond donors (Lipinski definition) is 2. The first-order chi connectivity index (χ1) is 15.3. The van der Waals surface area contributed by atoms with E-state index in [0.717, 1.165) is 5.39 Å². The zero-order chi connectivity index (χ0) is 23.3. The van der Waals surface area contributed by atoms with Gasteiger partial charge >= 0.3 is 0 Å². The highest BCUT2D eigenvalue weighted by molar-refractivity contribution is 7.90. The van der Waals surface area contributed by atoms with Gasteiger partial charge in [0.05, 0.1) is 4.90 Å². The van der Waals surface area contributed by atoms with Crippen LogP contribution in [0.1, 0.15) is 19.4 Å². The molecule has 8 heteroatoms. The van der Waals surface area contributed by atoms with E-state index in [1.165, 1.54) is 11.0 Å². The Kier molecular flexibility index (Phi) is 7.15. The zero-order valence-electron chi connectivity index (χ0n) is 18.1. The first kappa shape index (κ1) is 23.3. The monoisotopic (exact) mass is 453 g/mol. The molecule has 32 heavy (non-hydrogen) atoms. The van der Waals surface area contributed by atoms with Crippen molar-refractivity contribution in [1.29, 1.82) is 0 Å². The zero-order valence-corrected chi connectivity index (χ0v) is 18.9. The van der Waals surface area contributed by atoms with Crippen molar-refractivity contribution in [3.63, 3.8) is 0 Å². The lowest BCUT2D eigenvalue weighted by Gasteiger charge is -2.25. The van der Waals surface area contributed by atoms with Crippen LogP contribution < -0.4 is 10.5 Å². The van der Waals surface area contributed by atoms with Gasteiger partial charge in [0.1, 0.15) is 5.92 Å². The highest BCUT2D eigenvalue weighted by Gasteiger charge is 2.33. The van der Waals surface area contributed by atoms with Gasteiger partial charge in [0.15, 0.2) is 0 Å². The Morgan fingerprint density at radius 1 is 0.938 bits per heavy atom. The number of benzene rings is 3. The van der Waals surface area contributed by atoms with Gasteiger partial charge < -0.3 is 10.6 Å². The number of rotatable bonds is 8. The Balaban J connectivity index is 1.94. The molecule has 0 radical (unpaired) electrons. The van der Waals surface area contributed by atoms with E-state index >= 15 is 0 Å². The second-order valence-electron chi connectivity index (χ2n) is 7.46. The lowest BCUT2D eigenvalue weighted by Crippen LogP contribution is -2.46. The third kappa shape index (κ3) is 5.08. The van der Waals surface area contributed by atoms with Crippen LogP contribution in [0, 0.1) is 5.92 Å². The van der Waals surface area contributed by atoms with E-state index in [4.69, 9.17) is 5.73 Å². The number of carbonyl (C=O) groups excluding carboxylic acids is 2. The molecule has 3 rings (SSSR count). The van der Waals surface area contributed by atoms with Crippen LogP contribution in [0.15, 0.2) is 71.6 Å². The third-order valence-electron chi connectivity index (χ3n) is 5.38. The van der Waals surface area contributed by atoms with Crippen molar-refractivity contribution < 1.29 is 18.0 Å². The van der Waals surface area contributed by atoms with E-state index in [2.05, 4.69) is 4.72 Å². The van der Waals surface area contributed by atoms with E-state index in [9.17, 15) is 18.0 Å². The van der Waals surface area contributed by atoms with Crippen molar-refractivity contribution in [2.75, 3.05) is 18.8 Å². The predicted octanol–water partition coefficient (Wildman–Crippen LogP) is 2.95. The molecule has 3 aromatic rings. The molecular formula is C24H27N3O4S. The molecule has 0 saturated heterocycles. The molecule has 0 heterocycles. The molecule has 0 aliphatic carbocycles. The van der Waals surface area contributed by atoms with Crippen LogP contribution in [0.3, 0.4) is 0 Å². The summed E-state index contributed by atoms with van der Waals surface area (Å²) in [4.78, 5) is 27.8. The molecule has 0 bridgehead atoms. The van der Waals surface area contributed by atoms with Crippen molar-refractivity contribution in [2.45, 2.75) is 25.2 Å². The summed E-state index contributed by atoms with van der Waals surface area (Å²) in [6, 6.07) is 18.7. The largest absolute Gasteiger partial charge is 0.399 e. The van der Waals surface area contributed by atoms with Crippen molar-refractivity contribution in [1.82, 2.24) is 9.62 Å². The van der Waals surface area contributed by atoms with E-state index in [0.29, 0.717) is 29.7 Å². The minimum atomic E-state index is -4.19. The summed E-state index contributed by atoms with van der Waals surface area (Å²) in [5.41, 5.74) is 7.00. The molecule has 0 aromatic heterocycles. The van der Waals surface area contributed by atoms with Crippen LogP contribution in [0.25, 0.3) is 10.8 Å². The summed E-state index contributed by atoms with van der Waals surface area (Å²) in [5, 5.41) is 1.24. The summed E-state index contributed by atoms with van der Waals surface area (Å²) in [6.45, 7) is 4.45. The van der Waals surface area contributed by atoms with Crippen LogP contribution in [0.2, 0.25) is 0 Å². The van der Waals surface area contributed by atoms with E-state index in [-0.39, 0.29) is 11.3 Å². The summed E-state index contributed by atoms with van der Waals surface area (Å²) < 4.78 is 28.4. The van der Waals surface area contributed by atoms with Crippen LogP contribution in [0.4, 0.5) is 5.69 Å². The first-order valence-corrected chi connectivity index (χ1v) is 11.9. The maximum atomic E-state index is 13.2. The lowest BCUT2D eigenvalue weighted by molar-refractivity contribution is -0.141. The predicted molar refractivity (Wildman–Crippen MR) is 125 cm³/mol. The Hall–Kier alpha value is -3.39. The van der Waals surface area contributed by atoms with Crippen molar-refractivity contribution in [3.8, 4) is 0 Å². The van der Waals surface area contributed by atoms with Crippen molar-refractivity contribution in [3.05, 3.63) is 72.3 Å². The molecule has 7 nitrogen and oxygen atoms in total. The van der Waals surface area contributed by atoms with Crippen LogP contribution >= 0.6 is 0 Å². The average molecular weight is 454 g/mol. The lowest BCUT2D eigenvalue weighted by atomic mass is 9.97. The standard InChI is InChI=1S/C24H27N3O4S/c1-3-27(4-2)24(29)21(16-17-12-14-19(25)15-13-17)23(28)26-32(30,31)22-11-7-9-18-8-5-6-10-20(18)22/h5-15,21H,3-4,16,25H2,1-2H3,(H,26,28).